The molecule has 0 saturated heterocycles. The first-order valence-corrected chi connectivity index (χ1v) is 7.52. The number of rotatable bonds is 5. The predicted molar refractivity (Wildman–Crippen MR) is 76.5 cm³/mol. The highest BCUT2D eigenvalue weighted by atomic mass is 16.3. The van der Waals surface area contributed by atoms with Crippen LogP contribution in [0.15, 0.2) is 30.9 Å². The second-order valence-electron chi connectivity index (χ2n) is 5.99. The van der Waals surface area contributed by atoms with Gasteiger partial charge in [-0.05, 0) is 25.3 Å². The highest BCUT2D eigenvalue weighted by molar-refractivity contribution is 5.11. The predicted octanol–water partition coefficient (Wildman–Crippen LogP) is 1.01. The van der Waals surface area contributed by atoms with Crippen molar-refractivity contribution in [1.82, 2.24) is 25.1 Å². The number of nitrogens with one attached hydrogen (secondary N) is 1. The van der Waals surface area contributed by atoms with Crippen molar-refractivity contribution in [2.24, 2.45) is 0 Å². The fraction of sp³-hybridized carbons (Fsp3) is 0.533. The summed E-state index contributed by atoms with van der Waals surface area (Å²) in [6.45, 7) is 0.722. The monoisotopic (exact) mass is 285 g/mol. The second-order valence-corrected chi connectivity index (χ2v) is 5.99. The quantitative estimate of drug-likeness (QED) is 0.857. The van der Waals surface area contributed by atoms with Gasteiger partial charge in [-0.2, -0.15) is 5.10 Å². The summed E-state index contributed by atoms with van der Waals surface area (Å²) in [6.07, 6.45) is 10.3. The summed E-state index contributed by atoms with van der Waals surface area (Å²) in [7, 11) is 0. The van der Waals surface area contributed by atoms with Crippen LogP contribution in [0.3, 0.4) is 0 Å². The van der Waals surface area contributed by atoms with Crippen molar-refractivity contribution >= 4 is 0 Å². The average Bonchev–Trinajstić information content (AvgIpc) is 3.22. The lowest BCUT2D eigenvalue weighted by atomic mass is 9.83. The van der Waals surface area contributed by atoms with Gasteiger partial charge in [0.2, 0.25) is 0 Å². The molecule has 2 heterocycles. The van der Waals surface area contributed by atoms with Gasteiger partial charge in [0.05, 0.1) is 12.1 Å². The molecule has 21 heavy (non-hydrogen) atoms. The third kappa shape index (κ3) is 2.56. The zero-order valence-electron chi connectivity index (χ0n) is 11.8. The molecule has 2 aromatic rings. The minimum Gasteiger partial charge on any atom is -0.391 e. The molecule has 2 fully saturated rings. The van der Waals surface area contributed by atoms with E-state index in [4.69, 9.17) is 0 Å². The van der Waals surface area contributed by atoms with Crippen LogP contribution < -0.4 is 5.32 Å². The Bertz CT molecular complexity index is 593. The summed E-state index contributed by atoms with van der Waals surface area (Å²) in [5.74, 6) is 1.57. The van der Waals surface area contributed by atoms with Crippen molar-refractivity contribution in [2.45, 2.75) is 49.9 Å². The van der Waals surface area contributed by atoms with E-state index < -0.39 is 0 Å². The van der Waals surface area contributed by atoms with Crippen LogP contribution in [0.25, 0.3) is 0 Å². The molecule has 2 N–H and O–H groups in total. The molecule has 2 aliphatic rings. The molecule has 0 aromatic carbocycles. The second kappa shape index (κ2) is 5.20. The molecular weight excluding hydrogens is 266 g/mol. The summed E-state index contributed by atoms with van der Waals surface area (Å²) >= 11 is 0. The number of aliphatic hydroxyl groups excluding tert-OH is 1. The van der Waals surface area contributed by atoms with Crippen molar-refractivity contribution in [3.8, 4) is 0 Å². The Kier molecular flexibility index (Phi) is 3.20. The Balaban J connectivity index is 1.36. The van der Waals surface area contributed by atoms with Crippen molar-refractivity contribution in [2.75, 3.05) is 0 Å². The summed E-state index contributed by atoms with van der Waals surface area (Å²) in [6, 6.07) is 2.14. The van der Waals surface area contributed by atoms with Gasteiger partial charge in [-0.1, -0.05) is 0 Å². The standard InChI is InChI=1S/C15H19N5O/c21-13-6-12(14(13)20-5-1-4-19-20)16-7-10-8-17-15(18-9-10)11-2-3-11/h1,4-5,8-9,11-14,16,21H,2-3,6-7H2/t12-,13+,14+/m0/s1. The maximum atomic E-state index is 9.93. The maximum Gasteiger partial charge on any atom is 0.131 e. The van der Waals surface area contributed by atoms with Gasteiger partial charge in [0.15, 0.2) is 0 Å². The lowest BCUT2D eigenvalue weighted by molar-refractivity contribution is -0.00823. The fourth-order valence-electron chi connectivity index (χ4n) is 2.89. The molecule has 0 radical (unpaired) electrons. The number of hydrogen-bond acceptors (Lipinski definition) is 5. The number of aromatic nitrogens is 4. The Morgan fingerprint density at radius 1 is 1.29 bits per heavy atom. The molecule has 3 atom stereocenters. The topological polar surface area (TPSA) is 75.9 Å². The maximum absolute atomic E-state index is 9.93. The van der Waals surface area contributed by atoms with E-state index in [0.29, 0.717) is 5.92 Å². The molecule has 0 aliphatic heterocycles. The van der Waals surface area contributed by atoms with Crippen LogP contribution in [0.1, 0.15) is 42.6 Å². The fourth-order valence-corrected chi connectivity index (χ4v) is 2.89. The van der Waals surface area contributed by atoms with E-state index in [1.807, 2.05) is 29.3 Å². The minimum absolute atomic E-state index is 0.0201. The van der Waals surface area contributed by atoms with Crippen molar-refractivity contribution < 1.29 is 5.11 Å². The molecule has 2 aromatic heterocycles. The van der Waals surface area contributed by atoms with Crippen LogP contribution >= 0.6 is 0 Å². The molecule has 0 bridgehead atoms. The van der Waals surface area contributed by atoms with E-state index in [9.17, 15) is 5.11 Å². The first kappa shape index (κ1) is 12.9. The zero-order chi connectivity index (χ0) is 14.2. The van der Waals surface area contributed by atoms with E-state index in [0.717, 1.165) is 24.4 Å². The zero-order valence-corrected chi connectivity index (χ0v) is 11.8. The van der Waals surface area contributed by atoms with Gasteiger partial charge in [0.25, 0.3) is 0 Å². The van der Waals surface area contributed by atoms with E-state index >= 15 is 0 Å². The molecule has 0 amide bonds. The van der Waals surface area contributed by atoms with Crippen LogP contribution in [-0.2, 0) is 6.54 Å². The van der Waals surface area contributed by atoms with Crippen LogP contribution in [-0.4, -0.2) is 37.0 Å². The molecule has 6 nitrogen and oxygen atoms in total. The summed E-state index contributed by atoms with van der Waals surface area (Å²) in [5.41, 5.74) is 1.08. The van der Waals surface area contributed by atoms with Gasteiger partial charge in [-0.25, -0.2) is 9.97 Å². The van der Waals surface area contributed by atoms with Gasteiger partial charge < -0.3 is 10.4 Å². The molecule has 0 spiro atoms. The summed E-state index contributed by atoms with van der Waals surface area (Å²) < 4.78 is 1.83. The molecule has 6 heteroatoms. The van der Waals surface area contributed by atoms with Crippen LogP contribution in [0.2, 0.25) is 0 Å². The van der Waals surface area contributed by atoms with Crippen molar-refractivity contribution in [3.63, 3.8) is 0 Å². The molecule has 0 unspecified atom stereocenters. The van der Waals surface area contributed by atoms with Gasteiger partial charge in [0.1, 0.15) is 5.82 Å². The van der Waals surface area contributed by atoms with E-state index in [-0.39, 0.29) is 18.2 Å². The molecule has 4 rings (SSSR count). The van der Waals surface area contributed by atoms with Crippen molar-refractivity contribution in [1.29, 1.82) is 0 Å². The molecule has 2 aliphatic carbocycles. The first-order chi connectivity index (χ1) is 10.3. The van der Waals surface area contributed by atoms with Crippen LogP contribution in [0, 0.1) is 0 Å². The lowest BCUT2D eigenvalue weighted by Crippen LogP contribution is -2.54. The highest BCUT2D eigenvalue weighted by Gasteiger charge is 2.41. The third-order valence-electron chi connectivity index (χ3n) is 4.37. The van der Waals surface area contributed by atoms with E-state index in [2.05, 4.69) is 20.4 Å². The smallest absolute Gasteiger partial charge is 0.131 e. The van der Waals surface area contributed by atoms with Gasteiger partial charge in [-0.15, -0.1) is 0 Å². The van der Waals surface area contributed by atoms with Crippen LogP contribution in [0.5, 0.6) is 0 Å². The Hall–Kier alpha value is -1.79. The Labute approximate surface area is 123 Å². The highest BCUT2D eigenvalue weighted by Crippen LogP contribution is 2.37. The third-order valence-corrected chi connectivity index (χ3v) is 4.37. The summed E-state index contributed by atoms with van der Waals surface area (Å²) in [4.78, 5) is 8.86. The molecule has 2 saturated carbocycles. The molecular formula is C15H19N5O. The molecule has 110 valence electrons. The van der Waals surface area contributed by atoms with E-state index in [1.54, 1.807) is 6.20 Å². The van der Waals surface area contributed by atoms with Crippen molar-refractivity contribution in [3.05, 3.63) is 42.2 Å². The number of hydrogen-bond donors (Lipinski definition) is 2. The van der Waals surface area contributed by atoms with E-state index in [1.165, 1.54) is 12.8 Å². The Morgan fingerprint density at radius 3 is 2.71 bits per heavy atom. The van der Waals surface area contributed by atoms with Gasteiger partial charge in [-0.3, -0.25) is 4.68 Å². The first-order valence-electron chi connectivity index (χ1n) is 7.52. The van der Waals surface area contributed by atoms with Gasteiger partial charge >= 0.3 is 0 Å². The van der Waals surface area contributed by atoms with Crippen LogP contribution in [0.4, 0.5) is 0 Å². The normalized spacial score (nSPS) is 28.3. The van der Waals surface area contributed by atoms with Gasteiger partial charge in [0, 0.05) is 48.9 Å². The number of nitrogens with zero attached hydrogens (tertiary/aromatic N) is 4. The number of aliphatic hydroxyl groups is 1. The largest absolute Gasteiger partial charge is 0.391 e. The average molecular weight is 285 g/mol. The Morgan fingerprint density at radius 2 is 2.10 bits per heavy atom. The SMILES string of the molecule is O[C@@H]1C[C@H](NCc2cnc(C3CC3)nc2)[C@H]1n1cccn1. The lowest BCUT2D eigenvalue weighted by Gasteiger charge is -2.42. The minimum atomic E-state index is -0.323. The summed E-state index contributed by atoms with van der Waals surface area (Å²) in [5, 5.41) is 17.6.